The molecule has 4 N–H and O–H groups in total. The van der Waals surface area contributed by atoms with Gasteiger partial charge in [0.1, 0.15) is 6.10 Å². The van der Waals surface area contributed by atoms with Crippen molar-refractivity contribution in [1.29, 1.82) is 0 Å². The molecule has 0 aromatic carbocycles. The van der Waals surface area contributed by atoms with Gasteiger partial charge in [-0.15, -0.1) is 0 Å². The second-order valence-electron chi connectivity index (χ2n) is 9.13. The number of hydrogen-bond acceptors (Lipinski definition) is 6. The summed E-state index contributed by atoms with van der Waals surface area (Å²) in [5.74, 6) is 0. The number of rotatable bonds is 27. The predicted octanol–water partition coefficient (Wildman–Crippen LogP) is 6.50. The molecule has 0 aliphatic carbocycles. The molecule has 200 valence electrons. The van der Waals surface area contributed by atoms with Crippen molar-refractivity contribution < 1.29 is 28.3 Å². The third-order valence-electron chi connectivity index (χ3n) is 5.75. The Morgan fingerprint density at radius 1 is 0.667 bits per heavy atom. The van der Waals surface area contributed by atoms with E-state index in [0.29, 0.717) is 6.61 Å². The predicted molar refractivity (Wildman–Crippen MR) is 136 cm³/mol. The van der Waals surface area contributed by atoms with Gasteiger partial charge in [0.15, 0.2) is 0 Å². The maximum absolute atomic E-state index is 11.4. The summed E-state index contributed by atoms with van der Waals surface area (Å²) in [6, 6.07) is 0. The van der Waals surface area contributed by atoms with E-state index in [4.69, 9.17) is 15.0 Å². The smallest absolute Gasteiger partial charge is 0.388 e. The minimum atomic E-state index is -4.14. The van der Waals surface area contributed by atoms with Crippen LogP contribution in [0.1, 0.15) is 122 Å². The zero-order valence-corrected chi connectivity index (χ0v) is 22.3. The Bertz CT molecular complexity index is 441. The molecule has 0 bridgehead atoms. The molecule has 0 fully saturated rings. The van der Waals surface area contributed by atoms with E-state index in [1.54, 1.807) is 0 Å². The van der Waals surface area contributed by atoms with Crippen molar-refractivity contribution in [2.45, 2.75) is 129 Å². The Morgan fingerprint density at radius 3 is 1.52 bits per heavy atom. The second kappa shape index (κ2) is 25.1. The van der Waals surface area contributed by atoms with Crippen LogP contribution in [0.4, 0.5) is 0 Å². The molecule has 8 heteroatoms. The third-order valence-corrected chi connectivity index (χ3v) is 6.74. The lowest BCUT2D eigenvalue weighted by atomic mass is 10.0. The Morgan fingerprint density at radius 2 is 1.09 bits per heavy atom. The topological polar surface area (TPSA) is 111 Å². The van der Waals surface area contributed by atoms with Gasteiger partial charge in [0.05, 0.1) is 19.8 Å². The van der Waals surface area contributed by atoms with Gasteiger partial charge in [-0.05, 0) is 6.42 Å². The summed E-state index contributed by atoms with van der Waals surface area (Å²) >= 11 is 0. The third kappa shape index (κ3) is 26.4. The van der Waals surface area contributed by atoms with E-state index in [1.807, 2.05) is 0 Å². The first kappa shape index (κ1) is 33.0. The summed E-state index contributed by atoms with van der Waals surface area (Å²) in [7, 11) is -4.14. The van der Waals surface area contributed by atoms with Crippen molar-refractivity contribution in [2.24, 2.45) is 5.73 Å². The molecule has 0 radical (unpaired) electrons. The van der Waals surface area contributed by atoms with E-state index in [2.05, 4.69) is 11.4 Å². The Labute approximate surface area is 203 Å². The van der Waals surface area contributed by atoms with Crippen LogP contribution < -0.4 is 5.73 Å². The Balaban J connectivity index is 3.23. The summed E-state index contributed by atoms with van der Waals surface area (Å²) in [5.41, 5.74) is 5.20. The summed E-state index contributed by atoms with van der Waals surface area (Å²) in [5, 5.41) is 9.73. The van der Waals surface area contributed by atoms with Gasteiger partial charge in [-0.2, -0.15) is 0 Å². The molecule has 0 amide bonds. The lowest BCUT2D eigenvalue weighted by Gasteiger charge is -2.15. The average molecular weight is 496 g/mol. The maximum atomic E-state index is 11.4. The monoisotopic (exact) mass is 495 g/mol. The fraction of sp³-hybridized carbons (Fsp3) is 1.00. The van der Waals surface area contributed by atoms with Gasteiger partial charge in [0.2, 0.25) is 0 Å². The van der Waals surface area contributed by atoms with Crippen LogP contribution in [0.25, 0.3) is 0 Å². The molecule has 0 aromatic rings. The van der Waals surface area contributed by atoms with Crippen molar-refractivity contribution in [2.75, 3.05) is 33.0 Å². The second-order valence-corrected chi connectivity index (χ2v) is 10.6. The van der Waals surface area contributed by atoms with Crippen LogP contribution >= 0.6 is 7.82 Å². The SMILES string of the molecule is CCCCCCCCCCCCCCCCCCCCOC[C@@H](O)COP(=O)(O)OCCN. The zero-order chi connectivity index (χ0) is 24.5. The molecule has 0 rings (SSSR count). The van der Waals surface area contributed by atoms with Gasteiger partial charge in [0, 0.05) is 13.2 Å². The number of aliphatic hydroxyl groups is 1. The highest BCUT2D eigenvalue weighted by Gasteiger charge is 2.22. The number of hydrogen-bond donors (Lipinski definition) is 3. The van der Waals surface area contributed by atoms with Crippen molar-refractivity contribution >= 4 is 7.82 Å². The molecule has 0 aliphatic heterocycles. The number of phosphoric acid groups is 1. The van der Waals surface area contributed by atoms with Gasteiger partial charge in [-0.3, -0.25) is 9.05 Å². The van der Waals surface area contributed by atoms with Crippen molar-refractivity contribution in [1.82, 2.24) is 0 Å². The highest BCUT2D eigenvalue weighted by molar-refractivity contribution is 7.47. The van der Waals surface area contributed by atoms with Crippen LogP contribution in [0.3, 0.4) is 0 Å². The normalized spacial score (nSPS) is 14.4. The number of nitrogens with two attached hydrogens (primary N) is 1. The van der Waals surface area contributed by atoms with E-state index in [-0.39, 0.29) is 26.4 Å². The molecule has 7 nitrogen and oxygen atoms in total. The molecular weight excluding hydrogens is 441 g/mol. The maximum Gasteiger partial charge on any atom is 0.472 e. The molecule has 0 aliphatic rings. The van der Waals surface area contributed by atoms with Crippen molar-refractivity contribution in [3.05, 3.63) is 0 Å². The molecule has 0 spiro atoms. The molecule has 0 saturated heterocycles. The van der Waals surface area contributed by atoms with Gasteiger partial charge < -0.3 is 20.5 Å². The quantitative estimate of drug-likeness (QED) is 0.0881. The number of ether oxygens (including phenoxy) is 1. The van der Waals surface area contributed by atoms with Crippen LogP contribution in [-0.2, 0) is 18.3 Å². The zero-order valence-electron chi connectivity index (χ0n) is 21.4. The molecule has 0 heterocycles. The van der Waals surface area contributed by atoms with E-state index in [0.717, 1.165) is 12.8 Å². The molecule has 2 atom stereocenters. The van der Waals surface area contributed by atoms with Gasteiger partial charge in [-0.25, -0.2) is 4.57 Å². The average Bonchev–Trinajstić information content (AvgIpc) is 2.80. The molecule has 0 aromatic heterocycles. The number of unbranched alkanes of at least 4 members (excludes halogenated alkanes) is 17. The van der Waals surface area contributed by atoms with Crippen LogP contribution in [0.5, 0.6) is 0 Å². The number of aliphatic hydroxyl groups excluding tert-OH is 1. The van der Waals surface area contributed by atoms with Crippen LogP contribution in [-0.4, -0.2) is 49.1 Å². The highest BCUT2D eigenvalue weighted by Crippen LogP contribution is 2.42. The van der Waals surface area contributed by atoms with Crippen LogP contribution in [0, 0.1) is 0 Å². The lowest BCUT2D eigenvalue weighted by Crippen LogP contribution is -2.22. The first-order chi connectivity index (χ1) is 16.0. The van der Waals surface area contributed by atoms with Crippen LogP contribution in [0.15, 0.2) is 0 Å². The summed E-state index contributed by atoms with van der Waals surface area (Å²) in [6.45, 7) is 2.68. The molecule has 33 heavy (non-hydrogen) atoms. The van der Waals surface area contributed by atoms with Crippen molar-refractivity contribution in [3.8, 4) is 0 Å². The highest BCUT2D eigenvalue weighted by atomic mass is 31.2. The van der Waals surface area contributed by atoms with E-state index in [9.17, 15) is 14.6 Å². The van der Waals surface area contributed by atoms with Gasteiger partial charge in [0.25, 0.3) is 0 Å². The fourth-order valence-corrected chi connectivity index (χ4v) is 4.53. The summed E-state index contributed by atoms with van der Waals surface area (Å²) < 4.78 is 26.1. The van der Waals surface area contributed by atoms with Gasteiger partial charge >= 0.3 is 7.82 Å². The first-order valence-corrected chi connectivity index (χ1v) is 15.1. The lowest BCUT2D eigenvalue weighted by molar-refractivity contribution is 0.00230. The van der Waals surface area contributed by atoms with Crippen molar-refractivity contribution in [3.63, 3.8) is 0 Å². The number of phosphoric ester groups is 1. The first-order valence-electron chi connectivity index (χ1n) is 13.6. The largest absolute Gasteiger partial charge is 0.472 e. The van der Waals surface area contributed by atoms with Crippen LogP contribution in [0.2, 0.25) is 0 Å². The minimum Gasteiger partial charge on any atom is -0.388 e. The van der Waals surface area contributed by atoms with E-state index < -0.39 is 13.9 Å². The van der Waals surface area contributed by atoms with E-state index in [1.165, 1.54) is 103 Å². The molecular formula is C25H54NO6P. The fourth-order valence-electron chi connectivity index (χ4n) is 3.76. The Kier molecular flexibility index (Phi) is 25.1. The minimum absolute atomic E-state index is 0.0697. The Hall–Kier alpha value is -0.0100. The van der Waals surface area contributed by atoms with E-state index >= 15 is 0 Å². The molecule has 0 saturated carbocycles. The summed E-state index contributed by atoms with van der Waals surface area (Å²) in [6.07, 6.45) is 23.2. The standard InChI is InChI=1S/C25H54NO6P/c1-2-3-4-5-6-7-8-9-10-11-12-13-14-15-16-17-18-19-21-30-23-25(27)24-32-33(28,29)31-22-20-26/h25,27H,2-24,26H2,1H3,(H,28,29)/t25-/m1/s1. The van der Waals surface area contributed by atoms with Gasteiger partial charge in [-0.1, -0.05) is 116 Å². The summed E-state index contributed by atoms with van der Waals surface area (Å²) in [4.78, 5) is 9.34. The molecule has 1 unspecified atom stereocenters.